The van der Waals surface area contributed by atoms with Gasteiger partial charge in [-0.05, 0) is 44.9 Å². The van der Waals surface area contributed by atoms with Crippen molar-refractivity contribution in [3.8, 4) is 0 Å². The van der Waals surface area contributed by atoms with E-state index in [1.165, 1.54) is 24.3 Å². The number of carbonyl (C=O) groups is 3. The van der Waals surface area contributed by atoms with E-state index in [1.54, 1.807) is 27.7 Å². The smallest absolute Gasteiger partial charge is 0.326 e. The van der Waals surface area contributed by atoms with Gasteiger partial charge in [-0.2, -0.15) is 0 Å². The number of urea groups is 1. The van der Waals surface area contributed by atoms with Gasteiger partial charge in [-0.15, -0.1) is 0 Å². The third-order valence-corrected chi connectivity index (χ3v) is 3.75. The summed E-state index contributed by atoms with van der Waals surface area (Å²) in [5, 5.41) is 2.63. The maximum absolute atomic E-state index is 13.1. The van der Waals surface area contributed by atoms with Gasteiger partial charge in [-0.25, -0.2) is 9.18 Å². The molecule has 0 aliphatic carbocycles. The summed E-state index contributed by atoms with van der Waals surface area (Å²) in [5.74, 6) is -1.66. The number of nitrogens with zero attached hydrogens (tertiary/aromatic N) is 1. The highest BCUT2D eigenvalue weighted by atomic mass is 19.1. The van der Waals surface area contributed by atoms with E-state index in [1.807, 2.05) is 0 Å². The van der Waals surface area contributed by atoms with Crippen molar-refractivity contribution in [2.24, 2.45) is 0 Å². The van der Waals surface area contributed by atoms with E-state index in [0.29, 0.717) is 5.56 Å². The maximum Gasteiger partial charge on any atom is 0.326 e. The van der Waals surface area contributed by atoms with Gasteiger partial charge in [0.25, 0.3) is 5.91 Å². The van der Waals surface area contributed by atoms with Crippen molar-refractivity contribution in [3.05, 3.63) is 35.6 Å². The van der Waals surface area contributed by atoms with E-state index in [2.05, 4.69) is 5.32 Å². The molecule has 1 aromatic rings. The molecule has 24 heavy (non-hydrogen) atoms. The fourth-order valence-corrected chi connectivity index (χ4v) is 2.65. The Morgan fingerprint density at radius 3 is 2.33 bits per heavy atom. The Bertz CT molecular complexity index is 666. The first-order chi connectivity index (χ1) is 11.1. The lowest BCUT2D eigenvalue weighted by atomic mass is 9.87. The van der Waals surface area contributed by atoms with Crippen LogP contribution in [0.5, 0.6) is 0 Å². The van der Waals surface area contributed by atoms with Gasteiger partial charge >= 0.3 is 12.0 Å². The van der Waals surface area contributed by atoms with E-state index in [9.17, 15) is 18.8 Å². The molecule has 0 spiro atoms. The lowest BCUT2D eigenvalue weighted by Crippen LogP contribution is -2.44. The van der Waals surface area contributed by atoms with Crippen LogP contribution in [0.3, 0.4) is 0 Å². The van der Waals surface area contributed by atoms with Gasteiger partial charge in [0.1, 0.15) is 23.5 Å². The van der Waals surface area contributed by atoms with Crippen molar-refractivity contribution < 1.29 is 23.5 Å². The molecule has 1 fully saturated rings. The SMILES string of the molecule is CC[C@]1(c2ccc(F)cc2)NC(=O)N(CC(=O)OC(C)(C)C)C1=O. The highest BCUT2D eigenvalue weighted by Gasteiger charge is 2.51. The van der Waals surface area contributed by atoms with Crippen molar-refractivity contribution >= 4 is 17.9 Å². The number of hydrogen-bond acceptors (Lipinski definition) is 4. The van der Waals surface area contributed by atoms with Gasteiger partial charge in [-0.3, -0.25) is 14.5 Å². The van der Waals surface area contributed by atoms with Gasteiger partial charge in [0.15, 0.2) is 0 Å². The van der Waals surface area contributed by atoms with Crippen LogP contribution in [0.15, 0.2) is 24.3 Å². The van der Waals surface area contributed by atoms with Crippen LogP contribution in [0.4, 0.5) is 9.18 Å². The van der Waals surface area contributed by atoms with E-state index in [-0.39, 0.29) is 6.42 Å². The molecule has 3 amide bonds. The average molecular weight is 336 g/mol. The summed E-state index contributed by atoms with van der Waals surface area (Å²) in [6.07, 6.45) is 0.272. The minimum atomic E-state index is -1.30. The Morgan fingerprint density at radius 1 is 1.25 bits per heavy atom. The average Bonchev–Trinajstić information content (AvgIpc) is 2.71. The number of rotatable bonds is 4. The van der Waals surface area contributed by atoms with Crippen LogP contribution < -0.4 is 5.32 Å². The van der Waals surface area contributed by atoms with Gasteiger partial charge in [0, 0.05) is 0 Å². The number of benzene rings is 1. The minimum absolute atomic E-state index is 0.272. The third kappa shape index (κ3) is 3.39. The third-order valence-electron chi connectivity index (χ3n) is 3.75. The van der Waals surface area contributed by atoms with Crippen molar-refractivity contribution in [1.82, 2.24) is 10.2 Å². The van der Waals surface area contributed by atoms with Gasteiger partial charge in [-0.1, -0.05) is 19.1 Å². The lowest BCUT2D eigenvalue weighted by molar-refractivity contribution is -0.157. The van der Waals surface area contributed by atoms with E-state index >= 15 is 0 Å². The molecule has 0 saturated carbocycles. The predicted octanol–water partition coefficient (Wildman–Crippen LogP) is 2.32. The molecular weight excluding hydrogens is 315 g/mol. The van der Waals surface area contributed by atoms with Crippen LogP contribution in [-0.4, -0.2) is 35.0 Å². The number of nitrogens with one attached hydrogen (secondary N) is 1. The number of halogens is 1. The molecule has 1 aliphatic heterocycles. The number of imide groups is 1. The van der Waals surface area contributed by atoms with Gasteiger partial charge in [0.2, 0.25) is 0 Å². The Morgan fingerprint density at radius 2 is 1.83 bits per heavy atom. The molecule has 1 heterocycles. The molecule has 1 atom stereocenters. The first kappa shape index (κ1) is 17.9. The second-order valence-electron chi connectivity index (χ2n) is 6.67. The zero-order chi connectivity index (χ0) is 18.1. The van der Waals surface area contributed by atoms with Crippen LogP contribution in [-0.2, 0) is 19.9 Å². The minimum Gasteiger partial charge on any atom is -0.459 e. The Hall–Kier alpha value is -2.44. The van der Waals surface area contributed by atoms with Crippen LogP contribution in [0, 0.1) is 5.82 Å². The molecule has 6 nitrogen and oxygen atoms in total. The normalized spacial score (nSPS) is 21.0. The zero-order valence-electron chi connectivity index (χ0n) is 14.2. The first-order valence-corrected chi connectivity index (χ1v) is 7.71. The number of ether oxygens (including phenoxy) is 1. The largest absolute Gasteiger partial charge is 0.459 e. The summed E-state index contributed by atoms with van der Waals surface area (Å²) in [5.41, 5.74) is -1.54. The van der Waals surface area contributed by atoms with Crippen LogP contribution in [0.25, 0.3) is 0 Å². The van der Waals surface area contributed by atoms with E-state index < -0.39 is 41.4 Å². The number of carbonyl (C=O) groups excluding carboxylic acids is 3. The van der Waals surface area contributed by atoms with Crippen LogP contribution in [0.2, 0.25) is 0 Å². The van der Waals surface area contributed by atoms with Crippen molar-refractivity contribution in [3.63, 3.8) is 0 Å². The summed E-state index contributed by atoms with van der Waals surface area (Å²) in [6.45, 7) is 6.37. The van der Waals surface area contributed by atoms with Gasteiger partial charge < -0.3 is 10.1 Å². The van der Waals surface area contributed by atoms with Crippen molar-refractivity contribution in [1.29, 1.82) is 0 Å². The monoisotopic (exact) mass is 336 g/mol. The Labute approximate surface area is 140 Å². The van der Waals surface area contributed by atoms with Crippen LogP contribution >= 0.6 is 0 Å². The zero-order valence-corrected chi connectivity index (χ0v) is 14.2. The highest BCUT2D eigenvalue weighted by molar-refractivity contribution is 6.09. The van der Waals surface area contributed by atoms with Crippen LogP contribution in [0.1, 0.15) is 39.7 Å². The molecule has 130 valence electrons. The lowest BCUT2D eigenvalue weighted by Gasteiger charge is -2.26. The van der Waals surface area contributed by atoms with Gasteiger partial charge in [0.05, 0.1) is 0 Å². The number of amides is 3. The summed E-state index contributed by atoms with van der Waals surface area (Å²) in [4.78, 5) is 37.8. The quantitative estimate of drug-likeness (QED) is 0.676. The Balaban J connectivity index is 2.26. The molecule has 2 rings (SSSR count). The molecule has 7 heteroatoms. The molecule has 1 N–H and O–H groups in total. The summed E-state index contributed by atoms with van der Waals surface area (Å²) in [6, 6.07) is 4.69. The number of hydrogen-bond donors (Lipinski definition) is 1. The topological polar surface area (TPSA) is 75.7 Å². The fraction of sp³-hybridized carbons (Fsp3) is 0.471. The fourth-order valence-electron chi connectivity index (χ4n) is 2.65. The predicted molar refractivity (Wildman–Crippen MR) is 84.5 cm³/mol. The summed E-state index contributed by atoms with van der Waals surface area (Å²) in [7, 11) is 0. The second kappa shape index (κ2) is 6.22. The molecular formula is C17H21FN2O4. The first-order valence-electron chi connectivity index (χ1n) is 7.71. The molecule has 0 radical (unpaired) electrons. The molecule has 0 bridgehead atoms. The molecule has 1 aromatic carbocycles. The molecule has 0 aromatic heterocycles. The standard InChI is InChI=1S/C17H21FN2O4/c1-5-17(11-6-8-12(18)9-7-11)14(22)20(15(23)19-17)10-13(21)24-16(2,3)4/h6-9H,5,10H2,1-4H3,(H,19,23)/t17-/m1/s1. The highest BCUT2D eigenvalue weighted by Crippen LogP contribution is 2.32. The maximum atomic E-state index is 13.1. The Kier molecular flexibility index (Phi) is 4.64. The summed E-state index contributed by atoms with van der Waals surface area (Å²) < 4.78 is 18.3. The molecule has 0 unspecified atom stereocenters. The van der Waals surface area contributed by atoms with Crippen molar-refractivity contribution in [2.75, 3.05) is 6.54 Å². The van der Waals surface area contributed by atoms with E-state index in [0.717, 1.165) is 4.90 Å². The number of esters is 1. The molecule has 1 aliphatic rings. The van der Waals surface area contributed by atoms with Crippen molar-refractivity contribution in [2.45, 2.75) is 45.3 Å². The second-order valence-corrected chi connectivity index (χ2v) is 6.67. The molecule has 1 saturated heterocycles. The van der Waals surface area contributed by atoms with E-state index in [4.69, 9.17) is 4.74 Å². The summed E-state index contributed by atoms with van der Waals surface area (Å²) >= 11 is 0.